The van der Waals surface area contributed by atoms with Crippen LogP contribution in [-0.4, -0.2) is 75.4 Å². The Hall–Kier alpha value is -1.91. The highest BCUT2D eigenvalue weighted by Gasteiger charge is 2.44. The fourth-order valence-electron chi connectivity index (χ4n) is 2.06. The largest absolute Gasteiger partial charge is 0.482 e. The summed E-state index contributed by atoms with van der Waals surface area (Å²) in [6, 6.07) is 5.84. The Balaban J connectivity index is 1.99. The van der Waals surface area contributed by atoms with Crippen molar-refractivity contribution in [3.63, 3.8) is 0 Å². The third kappa shape index (κ3) is 4.30. The molecule has 128 valence electrons. The molecule has 0 aromatic heterocycles. The Kier molecular flexibility index (Phi) is 5.74. The smallest absolute Gasteiger partial charge is 0.341 e. The van der Waals surface area contributed by atoms with Crippen molar-refractivity contribution in [2.45, 2.75) is 30.7 Å². The number of benzene rings is 1. The molecule has 1 aromatic carbocycles. The molecule has 0 saturated carbocycles. The molecule has 1 aliphatic heterocycles. The summed E-state index contributed by atoms with van der Waals surface area (Å²) in [4.78, 5) is 10.4. The summed E-state index contributed by atoms with van der Waals surface area (Å²) < 4.78 is 15.5. The van der Waals surface area contributed by atoms with Gasteiger partial charge in [0.25, 0.3) is 0 Å². The molecule has 1 aliphatic rings. The van der Waals surface area contributed by atoms with E-state index in [-0.39, 0.29) is 5.75 Å². The van der Waals surface area contributed by atoms with E-state index in [9.17, 15) is 20.1 Å². The van der Waals surface area contributed by atoms with Crippen molar-refractivity contribution >= 4 is 5.97 Å². The van der Waals surface area contributed by atoms with Gasteiger partial charge in [-0.05, 0) is 24.3 Å². The van der Waals surface area contributed by atoms with Crippen LogP contribution in [0, 0.1) is 0 Å². The van der Waals surface area contributed by atoms with Crippen molar-refractivity contribution in [3.05, 3.63) is 24.3 Å². The molecule has 0 aliphatic carbocycles. The Morgan fingerprint density at radius 3 is 2.22 bits per heavy atom. The monoisotopic (exact) mass is 330 g/mol. The van der Waals surface area contributed by atoms with Crippen LogP contribution in [0.4, 0.5) is 0 Å². The minimum absolute atomic E-state index is 0.261. The number of carboxylic acids is 1. The molecule has 1 aromatic rings. The highest BCUT2D eigenvalue weighted by Crippen LogP contribution is 2.25. The number of hydrogen-bond acceptors (Lipinski definition) is 8. The van der Waals surface area contributed by atoms with E-state index in [2.05, 4.69) is 0 Å². The van der Waals surface area contributed by atoms with Gasteiger partial charge >= 0.3 is 5.97 Å². The highest BCUT2D eigenvalue weighted by atomic mass is 16.7. The molecular weight excluding hydrogens is 312 g/mol. The average molecular weight is 330 g/mol. The second-order valence-corrected chi connectivity index (χ2v) is 4.97. The molecule has 1 saturated heterocycles. The first-order chi connectivity index (χ1) is 10.9. The average Bonchev–Trinajstić information content (AvgIpc) is 2.54. The van der Waals surface area contributed by atoms with E-state index < -0.39 is 49.9 Å². The minimum atomic E-state index is -1.52. The first kappa shape index (κ1) is 17.4. The Morgan fingerprint density at radius 1 is 1.04 bits per heavy atom. The predicted molar refractivity (Wildman–Crippen MR) is 74.0 cm³/mol. The fraction of sp³-hybridized carbons (Fsp3) is 0.500. The lowest BCUT2D eigenvalue weighted by Crippen LogP contribution is -2.60. The number of hydrogen-bond donors (Lipinski definition) is 5. The van der Waals surface area contributed by atoms with Gasteiger partial charge in [-0.2, -0.15) is 0 Å². The molecule has 23 heavy (non-hydrogen) atoms. The van der Waals surface area contributed by atoms with Crippen molar-refractivity contribution in [3.8, 4) is 11.5 Å². The van der Waals surface area contributed by atoms with Gasteiger partial charge in [0.2, 0.25) is 6.29 Å². The van der Waals surface area contributed by atoms with Gasteiger partial charge in [-0.25, -0.2) is 4.79 Å². The predicted octanol–water partition coefficient (Wildman–Crippen LogP) is -1.67. The number of aliphatic hydroxyl groups excluding tert-OH is 4. The zero-order valence-corrected chi connectivity index (χ0v) is 12.0. The van der Waals surface area contributed by atoms with E-state index in [4.69, 9.17) is 24.4 Å². The van der Waals surface area contributed by atoms with E-state index >= 15 is 0 Å². The zero-order chi connectivity index (χ0) is 17.0. The lowest BCUT2D eigenvalue weighted by atomic mass is 9.99. The van der Waals surface area contributed by atoms with Gasteiger partial charge in [-0.3, -0.25) is 0 Å². The summed E-state index contributed by atoms with van der Waals surface area (Å²) in [5.74, 6) is -0.530. The first-order valence-electron chi connectivity index (χ1n) is 6.84. The van der Waals surface area contributed by atoms with Gasteiger partial charge in [0.15, 0.2) is 6.61 Å². The molecular formula is C14H18O9. The van der Waals surface area contributed by atoms with Crippen LogP contribution in [0.2, 0.25) is 0 Å². The molecule has 5 atom stereocenters. The Morgan fingerprint density at radius 2 is 1.65 bits per heavy atom. The van der Waals surface area contributed by atoms with Gasteiger partial charge in [0.05, 0.1) is 6.61 Å². The summed E-state index contributed by atoms with van der Waals surface area (Å²) in [5, 5.41) is 46.8. The van der Waals surface area contributed by atoms with Crippen LogP contribution in [0.25, 0.3) is 0 Å². The SMILES string of the molecule is O=C(O)COc1ccc(O[C@@H]2O[C@H](CO)[C@@H](O)[C@H](O)[C@H]2O)cc1. The zero-order valence-electron chi connectivity index (χ0n) is 12.0. The van der Waals surface area contributed by atoms with Crippen molar-refractivity contribution < 1.29 is 44.5 Å². The van der Waals surface area contributed by atoms with E-state index in [1.165, 1.54) is 24.3 Å². The number of ether oxygens (including phenoxy) is 3. The van der Waals surface area contributed by atoms with Crippen molar-refractivity contribution in [1.29, 1.82) is 0 Å². The Labute approximate surface area is 131 Å². The fourth-order valence-corrected chi connectivity index (χ4v) is 2.06. The van der Waals surface area contributed by atoms with Crippen LogP contribution in [-0.2, 0) is 9.53 Å². The van der Waals surface area contributed by atoms with E-state index in [1.807, 2.05) is 0 Å². The number of aliphatic hydroxyl groups is 4. The maximum atomic E-state index is 10.4. The molecule has 9 heteroatoms. The third-order valence-electron chi connectivity index (χ3n) is 3.29. The van der Waals surface area contributed by atoms with Crippen LogP contribution >= 0.6 is 0 Å². The number of rotatable bonds is 6. The highest BCUT2D eigenvalue weighted by molar-refractivity contribution is 5.68. The molecule has 2 rings (SSSR count). The Bertz CT molecular complexity index is 515. The second kappa shape index (κ2) is 7.57. The molecule has 0 unspecified atom stereocenters. The van der Waals surface area contributed by atoms with E-state index in [0.29, 0.717) is 5.75 Å². The molecule has 1 heterocycles. The van der Waals surface area contributed by atoms with Gasteiger partial charge in [0, 0.05) is 0 Å². The number of aliphatic carboxylic acids is 1. The topological polar surface area (TPSA) is 146 Å². The van der Waals surface area contributed by atoms with E-state index in [0.717, 1.165) is 0 Å². The van der Waals surface area contributed by atoms with Crippen molar-refractivity contribution in [2.75, 3.05) is 13.2 Å². The lowest BCUT2D eigenvalue weighted by Gasteiger charge is -2.39. The molecule has 0 radical (unpaired) electrons. The number of carbonyl (C=O) groups is 1. The van der Waals surface area contributed by atoms with Crippen LogP contribution in [0.1, 0.15) is 0 Å². The third-order valence-corrected chi connectivity index (χ3v) is 3.29. The quantitative estimate of drug-likeness (QED) is 0.413. The molecule has 9 nitrogen and oxygen atoms in total. The maximum absolute atomic E-state index is 10.4. The maximum Gasteiger partial charge on any atom is 0.341 e. The van der Waals surface area contributed by atoms with Crippen LogP contribution in [0.3, 0.4) is 0 Å². The summed E-state index contributed by atoms with van der Waals surface area (Å²) in [5.41, 5.74) is 0. The van der Waals surface area contributed by atoms with Crippen LogP contribution in [0.5, 0.6) is 11.5 Å². The normalized spacial score (nSPS) is 30.7. The summed E-state index contributed by atoms with van der Waals surface area (Å²) in [6.45, 7) is -1.03. The van der Waals surface area contributed by atoms with Crippen LogP contribution in [0.15, 0.2) is 24.3 Å². The summed E-state index contributed by atoms with van der Waals surface area (Å²) >= 11 is 0. The molecule has 1 fully saturated rings. The molecule has 0 amide bonds. The first-order valence-corrected chi connectivity index (χ1v) is 6.84. The van der Waals surface area contributed by atoms with Crippen LogP contribution < -0.4 is 9.47 Å². The summed E-state index contributed by atoms with van der Waals surface area (Å²) in [6.07, 6.45) is -6.82. The van der Waals surface area contributed by atoms with Gasteiger partial charge in [-0.1, -0.05) is 0 Å². The van der Waals surface area contributed by atoms with Crippen molar-refractivity contribution in [2.24, 2.45) is 0 Å². The lowest BCUT2D eigenvalue weighted by molar-refractivity contribution is -0.277. The standard InChI is InChI=1S/C14H18O9/c15-5-9-11(18)12(19)13(20)14(23-9)22-8-3-1-7(2-4-8)21-6-10(16)17/h1-4,9,11-15,18-20H,5-6H2,(H,16,17)/t9-,11-,12+,13-,14-/m1/s1. The van der Waals surface area contributed by atoms with Gasteiger partial charge in [-0.15, -0.1) is 0 Å². The minimum Gasteiger partial charge on any atom is -0.482 e. The summed E-state index contributed by atoms with van der Waals surface area (Å²) in [7, 11) is 0. The van der Waals surface area contributed by atoms with Gasteiger partial charge in [0.1, 0.15) is 35.9 Å². The molecule has 5 N–H and O–H groups in total. The molecule has 0 bridgehead atoms. The second-order valence-electron chi connectivity index (χ2n) is 4.97. The van der Waals surface area contributed by atoms with Gasteiger partial charge < -0.3 is 39.7 Å². The van der Waals surface area contributed by atoms with E-state index in [1.54, 1.807) is 0 Å². The molecule has 0 spiro atoms. The number of carboxylic acid groups (broad SMARTS) is 1. The van der Waals surface area contributed by atoms with Crippen molar-refractivity contribution in [1.82, 2.24) is 0 Å².